The normalized spacial score (nSPS) is 14.4. The molecule has 0 aliphatic heterocycles. The van der Waals surface area contributed by atoms with Crippen molar-refractivity contribution in [1.29, 1.82) is 0 Å². The van der Waals surface area contributed by atoms with E-state index >= 15 is 0 Å². The molecule has 270 valence electrons. The molecule has 18 heteroatoms. The number of halogens is 16. The zero-order valence-corrected chi connectivity index (χ0v) is 24.5. The van der Waals surface area contributed by atoms with E-state index in [2.05, 4.69) is 11.7 Å². The van der Waals surface area contributed by atoms with E-state index in [0.717, 1.165) is 44.9 Å². The first kappa shape index (κ1) is 43.4. The highest BCUT2D eigenvalue weighted by molar-refractivity contribution is 5.69. The first-order chi connectivity index (χ1) is 20.4. The van der Waals surface area contributed by atoms with Crippen LogP contribution in [0.2, 0.25) is 0 Å². The van der Waals surface area contributed by atoms with Gasteiger partial charge in [0.15, 0.2) is 6.61 Å². The molecule has 0 bridgehead atoms. The second-order valence-corrected chi connectivity index (χ2v) is 10.9. The predicted molar refractivity (Wildman–Crippen MR) is 131 cm³/mol. The van der Waals surface area contributed by atoms with Crippen LogP contribution in [0.25, 0.3) is 0 Å². The van der Waals surface area contributed by atoms with Crippen LogP contribution in [-0.2, 0) is 9.53 Å². The molecule has 0 N–H and O–H groups in total. The second-order valence-electron chi connectivity index (χ2n) is 10.9. The van der Waals surface area contributed by atoms with Gasteiger partial charge in [0.05, 0.1) is 0 Å². The average Bonchev–Trinajstić information content (AvgIpc) is 2.93. The van der Waals surface area contributed by atoms with Crippen molar-refractivity contribution >= 4 is 5.97 Å². The molecule has 0 aliphatic rings. The van der Waals surface area contributed by atoms with Crippen LogP contribution in [0.3, 0.4) is 0 Å². The fourth-order valence-electron chi connectivity index (χ4n) is 4.14. The molecule has 0 amide bonds. The van der Waals surface area contributed by atoms with Gasteiger partial charge in [0.25, 0.3) is 0 Å². The van der Waals surface area contributed by atoms with E-state index in [1.807, 2.05) is 0 Å². The molecule has 0 aliphatic carbocycles. The first-order valence-corrected chi connectivity index (χ1v) is 14.5. The highest BCUT2D eigenvalue weighted by Crippen LogP contribution is 2.62. The molecule has 0 saturated carbocycles. The number of unbranched alkanes of at least 4 members (excludes halogenated alkanes) is 14. The van der Waals surface area contributed by atoms with E-state index in [1.54, 1.807) is 0 Å². The molecule has 0 fully saturated rings. The van der Waals surface area contributed by atoms with E-state index in [9.17, 15) is 75.0 Å². The zero-order chi connectivity index (χ0) is 35.4. The van der Waals surface area contributed by atoms with Crippen LogP contribution in [0, 0.1) is 0 Å². The molecule has 0 radical (unpaired) electrons. The van der Waals surface area contributed by atoms with Crippen molar-refractivity contribution < 1.29 is 79.8 Å². The van der Waals surface area contributed by atoms with Gasteiger partial charge in [-0.05, 0) is 6.42 Å². The molecule has 0 unspecified atom stereocenters. The van der Waals surface area contributed by atoms with Crippen LogP contribution >= 0.6 is 0 Å². The van der Waals surface area contributed by atoms with Crippen molar-refractivity contribution in [2.45, 2.75) is 158 Å². The van der Waals surface area contributed by atoms with Gasteiger partial charge in [0.2, 0.25) is 0 Å². The maximum atomic E-state index is 13.8. The highest BCUT2D eigenvalue weighted by Gasteiger charge is 2.93. The van der Waals surface area contributed by atoms with Crippen LogP contribution < -0.4 is 0 Å². The fraction of sp³-hybridized carbons (Fsp3) is 0.963. The number of carbonyl (C=O) groups excluding carboxylic acids is 1. The Kier molecular flexibility index (Phi) is 16.8. The molecule has 45 heavy (non-hydrogen) atoms. The van der Waals surface area contributed by atoms with Crippen molar-refractivity contribution in [2.24, 2.45) is 0 Å². The smallest absolute Gasteiger partial charge is 0.385 e. The summed E-state index contributed by atoms with van der Waals surface area (Å²) in [6.45, 7) is -0.990. The van der Waals surface area contributed by atoms with Crippen LogP contribution in [0.1, 0.15) is 110 Å². The van der Waals surface area contributed by atoms with E-state index < -0.39 is 66.9 Å². The number of rotatable bonds is 25. The summed E-state index contributed by atoms with van der Waals surface area (Å²) < 4.78 is 217. The standard InChI is InChI=1S/C27H38F16O2/c1-2-3-4-5-6-7-8-9-10-11-12-13-14-15-16-17-19(44)45-18-21(30,31)23(34,35)25(38,39)27(42,43)26(40,41)24(36,37)22(32,33)20(28)29/h20H,2-18H2,1H3. The molecule has 0 atom stereocenters. The Bertz CT molecular complexity index is 862. The lowest BCUT2D eigenvalue weighted by molar-refractivity contribution is -0.447. The van der Waals surface area contributed by atoms with E-state index in [-0.39, 0.29) is 6.42 Å². The highest BCUT2D eigenvalue weighted by atomic mass is 19.4. The molecule has 0 saturated heterocycles. The quantitative estimate of drug-likeness (QED) is 0.0539. The summed E-state index contributed by atoms with van der Waals surface area (Å²) in [6, 6.07) is 0. The van der Waals surface area contributed by atoms with Crippen molar-refractivity contribution in [2.75, 3.05) is 6.61 Å². The zero-order valence-electron chi connectivity index (χ0n) is 24.5. The Labute approximate surface area is 250 Å². The van der Waals surface area contributed by atoms with Crippen LogP contribution in [0.5, 0.6) is 0 Å². The summed E-state index contributed by atoms with van der Waals surface area (Å²) in [4.78, 5) is 11.6. The Morgan fingerprint density at radius 1 is 0.489 bits per heavy atom. The molecule has 0 spiro atoms. The summed E-state index contributed by atoms with van der Waals surface area (Å²) in [5.41, 5.74) is 0. The molecule has 0 aromatic carbocycles. The molecule has 0 aromatic heterocycles. The monoisotopic (exact) mass is 698 g/mol. The maximum Gasteiger partial charge on any atom is 0.385 e. The summed E-state index contributed by atoms with van der Waals surface area (Å²) >= 11 is 0. The second kappa shape index (κ2) is 17.5. The lowest BCUT2D eigenvalue weighted by atomic mass is 9.89. The molecular formula is C27H38F16O2. The van der Waals surface area contributed by atoms with Crippen LogP contribution in [0.4, 0.5) is 70.2 Å². The van der Waals surface area contributed by atoms with Crippen LogP contribution in [0.15, 0.2) is 0 Å². The number of esters is 1. The number of hydrogen-bond acceptors (Lipinski definition) is 2. The summed E-state index contributed by atoms with van der Waals surface area (Å²) in [5.74, 6) is -56.9. The summed E-state index contributed by atoms with van der Waals surface area (Å²) in [5, 5.41) is 0. The van der Waals surface area contributed by atoms with Crippen molar-refractivity contribution in [3.63, 3.8) is 0 Å². The number of ether oxygens (including phenoxy) is 1. The minimum absolute atomic E-state index is 0.0628. The number of hydrogen-bond donors (Lipinski definition) is 0. The van der Waals surface area contributed by atoms with Gasteiger partial charge in [0, 0.05) is 6.42 Å². The Morgan fingerprint density at radius 3 is 1.16 bits per heavy atom. The van der Waals surface area contributed by atoms with Gasteiger partial charge < -0.3 is 4.74 Å². The Hall–Kier alpha value is -1.65. The van der Waals surface area contributed by atoms with Crippen molar-refractivity contribution in [3.05, 3.63) is 0 Å². The van der Waals surface area contributed by atoms with Gasteiger partial charge in [0.1, 0.15) is 0 Å². The average molecular weight is 699 g/mol. The lowest BCUT2D eigenvalue weighted by Crippen LogP contribution is -2.74. The van der Waals surface area contributed by atoms with E-state index in [0.29, 0.717) is 12.8 Å². The van der Waals surface area contributed by atoms with Crippen molar-refractivity contribution in [1.82, 2.24) is 0 Å². The SMILES string of the molecule is CCCCCCCCCCCCCCCCCC(=O)OCC(F)(F)C(F)(F)C(F)(F)C(F)(F)C(F)(F)C(F)(F)C(F)(F)C(F)F. The molecule has 0 aromatic rings. The molecular weight excluding hydrogens is 660 g/mol. The maximum absolute atomic E-state index is 13.8. The third-order valence-corrected chi connectivity index (χ3v) is 7.13. The van der Waals surface area contributed by atoms with Gasteiger partial charge in [-0.2, -0.15) is 61.5 Å². The summed E-state index contributed by atoms with van der Waals surface area (Å²) in [7, 11) is 0. The predicted octanol–water partition coefficient (Wildman–Crippen LogP) is 11.5. The van der Waals surface area contributed by atoms with Crippen LogP contribution in [-0.4, -0.2) is 60.5 Å². The van der Waals surface area contributed by atoms with Gasteiger partial charge >= 0.3 is 53.9 Å². The van der Waals surface area contributed by atoms with Gasteiger partial charge in [-0.15, -0.1) is 0 Å². The largest absolute Gasteiger partial charge is 0.459 e. The third-order valence-electron chi connectivity index (χ3n) is 7.13. The van der Waals surface area contributed by atoms with Crippen molar-refractivity contribution in [3.8, 4) is 0 Å². The van der Waals surface area contributed by atoms with E-state index in [1.165, 1.54) is 32.1 Å². The van der Waals surface area contributed by atoms with Gasteiger partial charge in [-0.1, -0.05) is 96.8 Å². The van der Waals surface area contributed by atoms with E-state index in [4.69, 9.17) is 0 Å². The van der Waals surface area contributed by atoms with Gasteiger partial charge in [-0.25, -0.2) is 8.78 Å². The summed E-state index contributed by atoms with van der Waals surface area (Å²) in [6.07, 6.45) is 7.15. The fourth-order valence-corrected chi connectivity index (χ4v) is 4.14. The number of alkyl halides is 16. The molecule has 0 rings (SSSR count). The Balaban J connectivity index is 4.82. The topological polar surface area (TPSA) is 26.3 Å². The third kappa shape index (κ3) is 10.4. The minimum Gasteiger partial charge on any atom is -0.459 e. The number of carbonyl (C=O) groups is 1. The molecule has 2 nitrogen and oxygen atoms in total. The minimum atomic E-state index is -8.47. The lowest BCUT2D eigenvalue weighted by Gasteiger charge is -2.42. The first-order valence-electron chi connectivity index (χ1n) is 14.5. The van der Waals surface area contributed by atoms with Gasteiger partial charge in [-0.3, -0.25) is 4.79 Å². The Morgan fingerprint density at radius 2 is 0.800 bits per heavy atom. The molecule has 0 heterocycles.